The molecule has 0 atom stereocenters. The number of aryl methyl sites for hydroxylation is 2. The molecule has 3 aromatic rings. The van der Waals surface area contributed by atoms with Crippen LogP contribution in [-0.4, -0.2) is 28.9 Å². The molecule has 0 saturated heterocycles. The molecule has 0 amide bonds. The number of pyridine rings is 1. The van der Waals surface area contributed by atoms with Crippen LogP contribution >= 0.6 is 0 Å². The average molecular weight is 292 g/mol. The molecular formula is C18H20N4. The number of nitrogens with zero attached hydrogens (tertiary/aromatic N) is 4. The van der Waals surface area contributed by atoms with Crippen LogP contribution in [-0.2, 0) is 0 Å². The van der Waals surface area contributed by atoms with Crippen LogP contribution in [0.25, 0.3) is 16.9 Å². The van der Waals surface area contributed by atoms with Gasteiger partial charge in [-0.1, -0.05) is 12.1 Å². The van der Waals surface area contributed by atoms with Crippen LogP contribution in [0.3, 0.4) is 0 Å². The fraction of sp³-hybridized carbons (Fsp3) is 0.222. The third kappa shape index (κ3) is 2.72. The molecule has 4 heteroatoms. The second-order valence-electron chi connectivity index (χ2n) is 5.72. The summed E-state index contributed by atoms with van der Waals surface area (Å²) in [5.41, 5.74) is 5.49. The normalized spacial score (nSPS) is 10.7. The molecule has 0 unspecified atom stereocenters. The lowest BCUT2D eigenvalue weighted by molar-refractivity contribution is 0.867. The first-order chi connectivity index (χ1) is 10.5. The van der Waals surface area contributed by atoms with Crippen molar-refractivity contribution in [2.24, 2.45) is 0 Å². The van der Waals surface area contributed by atoms with Gasteiger partial charge in [0, 0.05) is 25.9 Å². The summed E-state index contributed by atoms with van der Waals surface area (Å²) in [7, 11) is 3.99. The summed E-state index contributed by atoms with van der Waals surface area (Å²) in [6.45, 7) is 4.11. The molecular weight excluding hydrogens is 272 g/mol. The molecule has 22 heavy (non-hydrogen) atoms. The topological polar surface area (TPSA) is 34.0 Å². The van der Waals surface area contributed by atoms with Crippen molar-refractivity contribution >= 4 is 5.82 Å². The third-order valence-electron chi connectivity index (χ3n) is 3.58. The first kappa shape index (κ1) is 14.3. The van der Waals surface area contributed by atoms with Crippen molar-refractivity contribution in [1.29, 1.82) is 0 Å². The van der Waals surface area contributed by atoms with E-state index in [9.17, 15) is 0 Å². The average Bonchev–Trinajstić information content (AvgIpc) is 2.89. The van der Waals surface area contributed by atoms with Crippen LogP contribution in [0, 0.1) is 13.8 Å². The first-order valence-electron chi connectivity index (χ1n) is 7.32. The Morgan fingerprint density at radius 2 is 1.82 bits per heavy atom. The maximum Gasteiger partial charge on any atom is 0.128 e. The predicted molar refractivity (Wildman–Crippen MR) is 90.6 cm³/mol. The van der Waals surface area contributed by atoms with Gasteiger partial charge >= 0.3 is 0 Å². The second kappa shape index (κ2) is 5.64. The standard InChI is InChI=1S/C18H20N4/c1-13-6-5-7-16(10-13)22-17(11-14(2)20-22)15-8-9-19-18(12-15)21(3)4/h5-12H,1-4H3. The SMILES string of the molecule is Cc1cccc(-n2nc(C)cc2-c2ccnc(N(C)C)c2)c1. The molecule has 3 rings (SSSR count). The monoisotopic (exact) mass is 292 g/mol. The Labute approximate surface area is 131 Å². The minimum Gasteiger partial charge on any atom is -0.363 e. The minimum absolute atomic E-state index is 0.937. The van der Waals surface area contributed by atoms with E-state index in [1.807, 2.05) is 42.9 Å². The van der Waals surface area contributed by atoms with Crippen LogP contribution in [0.4, 0.5) is 5.82 Å². The zero-order chi connectivity index (χ0) is 15.7. The molecule has 0 N–H and O–H groups in total. The summed E-state index contributed by atoms with van der Waals surface area (Å²) >= 11 is 0. The summed E-state index contributed by atoms with van der Waals surface area (Å²) in [4.78, 5) is 6.39. The number of hydrogen-bond acceptors (Lipinski definition) is 3. The van der Waals surface area contributed by atoms with Crippen LogP contribution in [0.1, 0.15) is 11.3 Å². The van der Waals surface area contributed by atoms with Crippen LogP contribution in [0.5, 0.6) is 0 Å². The number of rotatable bonds is 3. The highest BCUT2D eigenvalue weighted by molar-refractivity contribution is 5.66. The van der Waals surface area contributed by atoms with Crippen molar-refractivity contribution < 1.29 is 0 Å². The van der Waals surface area contributed by atoms with E-state index < -0.39 is 0 Å². The zero-order valence-electron chi connectivity index (χ0n) is 13.4. The van der Waals surface area contributed by atoms with Crippen LogP contribution in [0.15, 0.2) is 48.7 Å². The van der Waals surface area contributed by atoms with Gasteiger partial charge in [-0.3, -0.25) is 0 Å². The molecule has 2 aromatic heterocycles. The van der Waals surface area contributed by atoms with Gasteiger partial charge in [-0.25, -0.2) is 9.67 Å². The Balaban J connectivity index is 2.14. The highest BCUT2D eigenvalue weighted by Crippen LogP contribution is 2.26. The molecule has 0 aliphatic heterocycles. The smallest absolute Gasteiger partial charge is 0.128 e. The summed E-state index contributed by atoms with van der Waals surface area (Å²) in [6.07, 6.45) is 1.84. The Morgan fingerprint density at radius 1 is 1.00 bits per heavy atom. The van der Waals surface area contributed by atoms with E-state index in [1.165, 1.54) is 5.56 Å². The lowest BCUT2D eigenvalue weighted by Crippen LogP contribution is -2.10. The summed E-state index contributed by atoms with van der Waals surface area (Å²) in [5.74, 6) is 0.937. The Morgan fingerprint density at radius 3 is 2.55 bits per heavy atom. The van der Waals surface area contributed by atoms with Crippen molar-refractivity contribution in [1.82, 2.24) is 14.8 Å². The van der Waals surface area contributed by atoms with E-state index >= 15 is 0 Å². The van der Waals surface area contributed by atoms with E-state index in [1.54, 1.807) is 0 Å². The summed E-state index contributed by atoms with van der Waals surface area (Å²) < 4.78 is 2.00. The Kier molecular flexibility index (Phi) is 3.67. The lowest BCUT2D eigenvalue weighted by Gasteiger charge is -2.13. The molecule has 0 saturated carbocycles. The quantitative estimate of drug-likeness (QED) is 0.739. The van der Waals surface area contributed by atoms with Crippen molar-refractivity contribution in [3.05, 3.63) is 59.9 Å². The molecule has 0 bridgehead atoms. The largest absolute Gasteiger partial charge is 0.363 e. The van der Waals surface area contributed by atoms with Gasteiger partial charge in [0.05, 0.1) is 17.1 Å². The predicted octanol–water partition coefficient (Wildman–Crippen LogP) is 3.62. The van der Waals surface area contributed by atoms with E-state index in [0.29, 0.717) is 0 Å². The van der Waals surface area contributed by atoms with E-state index in [2.05, 4.69) is 53.4 Å². The molecule has 112 valence electrons. The van der Waals surface area contributed by atoms with Gasteiger partial charge in [-0.05, 0) is 49.7 Å². The van der Waals surface area contributed by atoms with Crippen molar-refractivity contribution in [2.75, 3.05) is 19.0 Å². The maximum atomic E-state index is 4.66. The molecule has 4 nitrogen and oxygen atoms in total. The van der Waals surface area contributed by atoms with Crippen molar-refractivity contribution in [3.63, 3.8) is 0 Å². The molecule has 0 fully saturated rings. The Bertz CT molecular complexity index is 802. The maximum absolute atomic E-state index is 4.66. The lowest BCUT2D eigenvalue weighted by atomic mass is 10.1. The van der Waals surface area contributed by atoms with Gasteiger partial charge < -0.3 is 4.90 Å². The van der Waals surface area contributed by atoms with Crippen LogP contribution in [0.2, 0.25) is 0 Å². The molecule has 2 heterocycles. The molecule has 0 spiro atoms. The number of benzene rings is 1. The molecule has 0 aliphatic carbocycles. The van der Waals surface area contributed by atoms with Crippen molar-refractivity contribution in [2.45, 2.75) is 13.8 Å². The summed E-state index contributed by atoms with van der Waals surface area (Å²) in [6, 6.07) is 14.6. The number of aromatic nitrogens is 3. The highest BCUT2D eigenvalue weighted by Gasteiger charge is 2.11. The number of anilines is 1. The zero-order valence-corrected chi connectivity index (χ0v) is 13.4. The van der Waals surface area contributed by atoms with Gasteiger partial charge in [0.2, 0.25) is 0 Å². The van der Waals surface area contributed by atoms with E-state index in [0.717, 1.165) is 28.5 Å². The molecule has 1 aromatic carbocycles. The third-order valence-corrected chi connectivity index (χ3v) is 3.58. The van der Waals surface area contributed by atoms with Crippen LogP contribution < -0.4 is 4.90 Å². The van der Waals surface area contributed by atoms with Gasteiger partial charge in [0.1, 0.15) is 5.82 Å². The fourth-order valence-electron chi connectivity index (χ4n) is 2.48. The molecule has 0 aliphatic rings. The van der Waals surface area contributed by atoms with Gasteiger partial charge in [-0.15, -0.1) is 0 Å². The van der Waals surface area contributed by atoms with Gasteiger partial charge in [-0.2, -0.15) is 5.10 Å². The highest BCUT2D eigenvalue weighted by atomic mass is 15.3. The summed E-state index contributed by atoms with van der Waals surface area (Å²) in [5, 5.41) is 4.66. The van der Waals surface area contributed by atoms with Crippen molar-refractivity contribution in [3.8, 4) is 16.9 Å². The first-order valence-corrected chi connectivity index (χ1v) is 7.32. The van der Waals surface area contributed by atoms with E-state index in [-0.39, 0.29) is 0 Å². The fourth-order valence-corrected chi connectivity index (χ4v) is 2.48. The van der Waals surface area contributed by atoms with Gasteiger partial charge in [0.15, 0.2) is 0 Å². The van der Waals surface area contributed by atoms with Gasteiger partial charge in [0.25, 0.3) is 0 Å². The second-order valence-corrected chi connectivity index (χ2v) is 5.72. The van der Waals surface area contributed by atoms with E-state index in [4.69, 9.17) is 0 Å². The number of hydrogen-bond donors (Lipinski definition) is 0. The molecule has 0 radical (unpaired) electrons. The Hall–Kier alpha value is -2.62. The minimum atomic E-state index is 0.937.